The molecule has 1 nitrogen and oxygen atoms in total. The topological polar surface area (TPSA) is 26.0 Å². The maximum absolute atomic E-state index is 5.87. The smallest absolute Gasteiger partial charge is 0.330 e. The molecule has 0 aliphatic heterocycles. The van der Waals surface area contributed by atoms with E-state index in [4.69, 9.17) is 39.0 Å². The van der Waals surface area contributed by atoms with Crippen molar-refractivity contribution in [3.8, 4) is 0 Å². The average molecular weight is 403 g/mol. The van der Waals surface area contributed by atoms with Gasteiger partial charge in [-0.2, -0.15) is 0 Å². The van der Waals surface area contributed by atoms with E-state index in [2.05, 4.69) is 0 Å². The van der Waals surface area contributed by atoms with Crippen LogP contribution in [0.25, 0.3) is 0 Å². The van der Waals surface area contributed by atoms with E-state index in [0.717, 1.165) is 19.0 Å². The van der Waals surface area contributed by atoms with Gasteiger partial charge in [-0.15, -0.1) is 33.2 Å². The van der Waals surface area contributed by atoms with Gasteiger partial charge in [0.25, 0.3) is 0 Å². The molecule has 0 atom stereocenters. The van der Waals surface area contributed by atoms with Crippen LogP contribution in [-0.2, 0) is 0 Å². The summed E-state index contributed by atoms with van der Waals surface area (Å²) >= 11 is 17.6. The summed E-state index contributed by atoms with van der Waals surface area (Å²) in [5.74, 6) is 0. The largest absolute Gasteiger partial charge is 0.341 e. The molecule has 5 heteroatoms. The molecular formula is C18H38Cl3NSi. The van der Waals surface area contributed by atoms with Crippen LogP contribution in [0.5, 0.6) is 0 Å². The van der Waals surface area contributed by atoms with Gasteiger partial charge in [0.2, 0.25) is 0 Å². The number of hydrogen-bond acceptors (Lipinski definition) is 1. The molecule has 0 heterocycles. The first kappa shape index (κ1) is 24.0. The monoisotopic (exact) mass is 401 g/mol. The Hall–Kier alpha value is 1.05. The number of rotatable bonds is 18. The van der Waals surface area contributed by atoms with Crippen LogP contribution in [-0.4, -0.2) is 12.5 Å². The van der Waals surface area contributed by atoms with Gasteiger partial charge in [0.1, 0.15) is 0 Å². The lowest BCUT2D eigenvalue weighted by molar-refractivity contribution is 0.530. The molecule has 0 saturated carbocycles. The molecule has 0 aliphatic carbocycles. The van der Waals surface area contributed by atoms with Crippen molar-refractivity contribution in [2.24, 2.45) is 5.73 Å². The van der Waals surface area contributed by atoms with Gasteiger partial charge < -0.3 is 5.73 Å². The fourth-order valence-corrected chi connectivity index (χ4v) is 4.80. The summed E-state index contributed by atoms with van der Waals surface area (Å²) in [6.45, 7) is 0.858. The van der Waals surface area contributed by atoms with Crippen LogP contribution in [0.4, 0.5) is 0 Å². The fraction of sp³-hybridized carbons (Fsp3) is 1.00. The molecule has 0 saturated heterocycles. The molecule has 0 unspecified atom stereocenters. The van der Waals surface area contributed by atoms with Gasteiger partial charge in [-0.3, -0.25) is 0 Å². The third-order valence-electron chi connectivity index (χ3n) is 4.41. The first-order valence-corrected chi connectivity index (χ1v) is 15.1. The summed E-state index contributed by atoms with van der Waals surface area (Å²) in [4.78, 5) is 0. The van der Waals surface area contributed by atoms with Crippen molar-refractivity contribution in [2.75, 3.05) is 6.54 Å². The summed E-state index contributed by atoms with van der Waals surface area (Å²) in [7, 11) is 0. The lowest BCUT2D eigenvalue weighted by atomic mass is 10.0. The van der Waals surface area contributed by atoms with Crippen LogP contribution in [0.2, 0.25) is 6.04 Å². The van der Waals surface area contributed by atoms with Gasteiger partial charge in [0, 0.05) is 0 Å². The predicted octanol–water partition coefficient (Wildman–Crippen LogP) is 7.84. The van der Waals surface area contributed by atoms with E-state index in [1.54, 1.807) is 0 Å². The van der Waals surface area contributed by atoms with Gasteiger partial charge in [-0.1, -0.05) is 96.3 Å². The van der Waals surface area contributed by atoms with E-state index in [0.29, 0.717) is 0 Å². The normalized spacial score (nSPS) is 12.0. The van der Waals surface area contributed by atoms with E-state index < -0.39 is 6.00 Å². The molecule has 0 spiro atoms. The summed E-state index contributed by atoms with van der Waals surface area (Å²) in [5, 5.41) is 0. The van der Waals surface area contributed by atoms with E-state index >= 15 is 0 Å². The van der Waals surface area contributed by atoms with E-state index in [1.807, 2.05) is 0 Å². The Morgan fingerprint density at radius 2 is 0.696 bits per heavy atom. The van der Waals surface area contributed by atoms with E-state index in [9.17, 15) is 0 Å². The highest BCUT2D eigenvalue weighted by Crippen LogP contribution is 2.27. The van der Waals surface area contributed by atoms with E-state index in [1.165, 1.54) is 96.3 Å². The number of halogens is 3. The van der Waals surface area contributed by atoms with Crippen molar-refractivity contribution in [1.29, 1.82) is 0 Å². The third kappa shape index (κ3) is 23.0. The summed E-state index contributed by atoms with van der Waals surface area (Å²) in [5.41, 5.74) is 5.49. The zero-order valence-corrected chi connectivity index (χ0v) is 18.2. The van der Waals surface area contributed by atoms with Crippen molar-refractivity contribution < 1.29 is 0 Å². The number of hydrogen-bond donors (Lipinski definition) is 1. The molecular weight excluding hydrogens is 365 g/mol. The molecule has 0 bridgehead atoms. The second-order valence-corrected chi connectivity index (χ2v) is 16.1. The summed E-state index contributed by atoms with van der Waals surface area (Å²) in [6, 6.07) is -1.53. The van der Waals surface area contributed by atoms with Crippen molar-refractivity contribution >= 4 is 39.2 Å². The first-order chi connectivity index (χ1) is 11.1. The highest BCUT2D eigenvalue weighted by Gasteiger charge is 2.23. The van der Waals surface area contributed by atoms with Gasteiger partial charge in [-0.05, 0) is 19.0 Å². The van der Waals surface area contributed by atoms with Crippen molar-refractivity contribution in [3.63, 3.8) is 0 Å². The van der Waals surface area contributed by atoms with Crippen LogP contribution < -0.4 is 5.73 Å². The van der Waals surface area contributed by atoms with Crippen molar-refractivity contribution in [3.05, 3.63) is 0 Å². The quantitative estimate of drug-likeness (QED) is 0.141. The second kappa shape index (κ2) is 17.9. The van der Waals surface area contributed by atoms with Crippen LogP contribution in [0.15, 0.2) is 0 Å². The molecule has 140 valence electrons. The number of nitrogens with two attached hydrogens (primary N) is 1. The van der Waals surface area contributed by atoms with Crippen LogP contribution in [0.3, 0.4) is 0 Å². The average Bonchev–Trinajstić information content (AvgIpc) is 2.49. The maximum atomic E-state index is 5.87. The molecule has 0 aromatic heterocycles. The molecule has 0 aromatic carbocycles. The Morgan fingerprint density at radius 3 is 0.957 bits per heavy atom. The Balaban J connectivity index is 3.00. The number of unbranched alkanes of at least 4 members (excludes halogenated alkanes) is 15. The molecule has 0 amide bonds. The molecule has 2 N–H and O–H groups in total. The van der Waals surface area contributed by atoms with Gasteiger partial charge >= 0.3 is 6.00 Å². The predicted molar refractivity (Wildman–Crippen MR) is 111 cm³/mol. The minimum atomic E-state index is -2.35. The molecule has 0 radical (unpaired) electrons. The minimum absolute atomic E-state index is 0.824. The Labute approximate surface area is 160 Å². The van der Waals surface area contributed by atoms with Crippen LogP contribution in [0, 0.1) is 0 Å². The first-order valence-electron chi connectivity index (χ1n) is 9.83. The van der Waals surface area contributed by atoms with Crippen molar-refractivity contribution in [1.82, 2.24) is 0 Å². The van der Waals surface area contributed by atoms with Gasteiger partial charge in [0.05, 0.1) is 0 Å². The Kier molecular flexibility index (Phi) is 18.7. The summed E-state index contributed by atoms with van der Waals surface area (Å²) in [6.07, 6.45) is 21.6. The Morgan fingerprint density at radius 1 is 0.435 bits per heavy atom. The lowest BCUT2D eigenvalue weighted by Gasteiger charge is -2.07. The SMILES string of the molecule is NCCCCCCCCCCCCCCCCCC[Si](Cl)(Cl)Cl. The Bertz CT molecular complexity index is 235. The van der Waals surface area contributed by atoms with Gasteiger partial charge in [0.15, 0.2) is 0 Å². The zero-order chi connectivity index (χ0) is 17.2. The van der Waals surface area contributed by atoms with Crippen LogP contribution >= 0.6 is 33.2 Å². The highest BCUT2D eigenvalue weighted by atomic mass is 35.8. The fourth-order valence-electron chi connectivity index (χ4n) is 2.94. The lowest BCUT2D eigenvalue weighted by Crippen LogP contribution is -2.07. The van der Waals surface area contributed by atoms with E-state index in [-0.39, 0.29) is 0 Å². The molecule has 0 aliphatic rings. The van der Waals surface area contributed by atoms with Crippen LogP contribution in [0.1, 0.15) is 103 Å². The van der Waals surface area contributed by atoms with Gasteiger partial charge in [-0.25, -0.2) is 0 Å². The molecule has 23 heavy (non-hydrogen) atoms. The minimum Gasteiger partial charge on any atom is -0.330 e. The molecule has 0 rings (SSSR count). The summed E-state index contributed by atoms with van der Waals surface area (Å²) < 4.78 is 0. The molecule has 0 fully saturated rings. The third-order valence-corrected chi connectivity index (χ3v) is 7.04. The highest BCUT2D eigenvalue weighted by molar-refractivity contribution is 7.64. The zero-order valence-electron chi connectivity index (χ0n) is 14.9. The standard InChI is InChI=1S/C18H38Cl3NSi/c19-23(20,21)18-16-14-12-10-8-6-4-2-1-3-5-7-9-11-13-15-17-22/h1-18,22H2. The van der Waals surface area contributed by atoms with Crippen molar-refractivity contribution in [2.45, 2.75) is 109 Å². The maximum Gasteiger partial charge on any atom is 0.341 e. The molecule has 0 aromatic rings. The second-order valence-electron chi connectivity index (χ2n) is 6.81.